The summed E-state index contributed by atoms with van der Waals surface area (Å²) in [5.41, 5.74) is 0. The minimum absolute atomic E-state index is 0.282. The summed E-state index contributed by atoms with van der Waals surface area (Å²) in [6.45, 7) is 1.66. The first-order chi connectivity index (χ1) is 7.27. The molecule has 2 rings (SSSR count). The summed E-state index contributed by atoms with van der Waals surface area (Å²) in [5.74, 6) is -0.850. The van der Waals surface area contributed by atoms with Crippen LogP contribution in [0.3, 0.4) is 0 Å². The van der Waals surface area contributed by atoms with E-state index in [1.807, 2.05) is 0 Å². The van der Waals surface area contributed by atoms with Crippen LogP contribution in [-0.4, -0.2) is 37.1 Å². The monoisotopic (exact) mass is 212 g/mol. The molecule has 0 unspecified atom stereocenters. The third kappa shape index (κ3) is 2.54. The fourth-order valence-electron chi connectivity index (χ4n) is 2.01. The van der Waals surface area contributed by atoms with Crippen molar-refractivity contribution in [2.75, 3.05) is 13.1 Å². The van der Waals surface area contributed by atoms with Crippen LogP contribution in [0, 0.1) is 0 Å². The van der Waals surface area contributed by atoms with E-state index in [9.17, 15) is 9.59 Å². The van der Waals surface area contributed by atoms with Gasteiger partial charge in [0, 0.05) is 0 Å². The number of carbonyl (C=O) groups excluding carboxylic acids is 2. The molecule has 2 N–H and O–H groups in total. The van der Waals surface area contributed by atoms with Crippen LogP contribution in [0.2, 0.25) is 0 Å². The first-order valence-corrected chi connectivity index (χ1v) is 5.49. The Morgan fingerprint density at radius 3 is 1.73 bits per heavy atom. The van der Waals surface area contributed by atoms with Crippen molar-refractivity contribution in [2.45, 2.75) is 37.8 Å². The Morgan fingerprint density at radius 1 is 0.933 bits per heavy atom. The van der Waals surface area contributed by atoms with Gasteiger partial charge in [-0.1, -0.05) is 0 Å². The van der Waals surface area contributed by atoms with E-state index in [1.165, 1.54) is 0 Å². The van der Waals surface area contributed by atoms with Crippen molar-refractivity contribution >= 4 is 11.9 Å². The van der Waals surface area contributed by atoms with Crippen molar-refractivity contribution in [1.29, 1.82) is 0 Å². The molecule has 5 nitrogen and oxygen atoms in total. The van der Waals surface area contributed by atoms with E-state index in [1.54, 1.807) is 0 Å². The molecular weight excluding hydrogens is 196 g/mol. The normalized spacial score (nSPS) is 30.4. The summed E-state index contributed by atoms with van der Waals surface area (Å²) in [5, 5.41) is 6.01. The Hall–Kier alpha value is -0.940. The third-order valence-corrected chi connectivity index (χ3v) is 2.89. The molecule has 2 aliphatic heterocycles. The van der Waals surface area contributed by atoms with Gasteiger partial charge >= 0.3 is 11.9 Å². The van der Waals surface area contributed by atoms with Crippen LogP contribution in [0.1, 0.15) is 25.7 Å². The first kappa shape index (κ1) is 10.6. The second kappa shape index (κ2) is 4.72. The van der Waals surface area contributed by atoms with E-state index in [0.717, 1.165) is 38.8 Å². The third-order valence-electron chi connectivity index (χ3n) is 2.89. The lowest BCUT2D eigenvalue weighted by atomic mass is 10.2. The molecule has 0 aliphatic carbocycles. The van der Waals surface area contributed by atoms with Gasteiger partial charge in [-0.3, -0.25) is 0 Å². The van der Waals surface area contributed by atoms with Crippen molar-refractivity contribution in [3.05, 3.63) is 0 Å². The Morgan fingerprint density at radius 2 is 1.40 bits per heavy atom. The number of hydrogen-bond donors (Lipinski definition) is 2. The van der Waals surface area contributed by atoms with Gasteiger partial charge in [0.05, 0.1) is 0 Å². The summed E-state index contributed by atoms with van der Waals surface area (Å²) in [4.78, 5) is 23.0. The average Bonchev–Trinajstić information content (AvgIpc) is 2.91. The van der Waals surface area contributed by atoms with Crippen LogP contribution < -0.4 is 10.6 Å². The SMILES string of the molecule is O=C(OC(=O)[C@H]1CCCN1)[C@@H]1CCCN1. The lowest BCUT2D eigenvalue weighted by Gasteiger charge is -2.12. The molecule has 0 aromatic carbocycles. The van der Waals surface area contributed by atoms with Gasteiger partial charge in [0.25, 0.3) is 0 Å². The van der Waals surface area contributed by atoms with E-state index in [0.29, 0.717) is 0 Å². The van der Waals surface area contributed by atoms with E-state index in [4.69, 9.17) is 4.74 Å². The zero-order valence-corrected chi connectivity index (χ0v) is 8.62. The van der Waals surface area contributed by atoms with Gasteiger partial charge in [-0.2, -0.15) is 0 Å². The molecule has 2 saturated heterocycles. The van der Waals surface area contributed by atoms with E-state index < -0.39 is 11.9 Å². The Bertz CT molecular complexity index is 229. The molecule has 5 heteroatoms. The number of hydrogen-bond acceptors (Lipinski definition) is 5. The molecule has 0 aromatic rings. The lowest BCUT2D eigenvalue weighted by molar-refractivity contribution is -0.162. The van der Waals surface area contributed by atoms with Gasteiger partial charge in [-0.25, -0.2) is 9.59 Å². The minimum atomic E-state index is -0.425. The maximum Gasteiger partial charge on any atom is 0.330 e. The largest absolute Gasteiger partial charge is 0.391 e. The fraction of sp³-hybridized carbons (Fsp3) is 0.800. The highest BCUT2D eigenvalue weighted by Gasteiger charge is 2.30. The van der Waals surface area contributed by atoms with Crippen molar-refractivity contribution < 1.29 is 14.3 Å². The second-order valence-corrected chi connectivity index (χ2v) is 4.04. The maximum atomic E-state index is 11.5. The van der Waals surface area contributed by atoms with Gasteiger partial charge in [0.2, 0.25) is 0 Å². The highest BCUT2D eigenvalue weighted by atomic mass is 16.6. The molecule has 0 spiro atoms. The molecule has 0 saturated carbocycles. The molecule has 2 fully saturated rings. The van der Waals surface area contributed by atoms with Crippen molar-refractivity contribution in [2.24, 2.45) is 0 Å². The molecule has 2 heterocycles. The molecule has 2 atom stereocenters. The van der Waals surface area contributed by atoms with Crippen LogP contribution in [0.4, 0.5) is 0 Å². The molecule has 2 aliphatic rings. The Kier molecular flexibility index (Phi) is 3.33. The van der Waals surface area contributed by atoms with Crippen molar-refractivity contribution in [3.63, 3.8) is 0 Å². The van der Waals surface area contributed by atoms with Crippen LogP contribution in [0.15, 0.2) is 0 Å². The smallest absolute Gasteiger partial charge is 0.330 e. The topological polar surface area (TPSA) is 67.4 Å². The van der Waals surface area contributed by atoms with Crippen LogP contribution in [-0.2, 0) is 14.3 Å². The molecular formula is C10H16N2O3. The average molecular weight is 212 g/mol. The summed E-state index contributed by atoms with van der Waals surface area (Å²) in [6.07, 6.45) is 3.47. The lowest BCUT2D eigenvalue weighted by Crippen LogP contribution is -2.39. The zero-order valence-electron chi connectivity index (χ0n) is 8.62. The number of esters is 2. The standard InChI is InChI=1S/C10H16N2O3/c13-9(7-3-1-5-11-7)15-10(14)8-4-2-6-12-8/h7-8,11-12H,1-6H2/t7-,8+. The predicted molar refractivity (Wildman–Crippen MR) is 53.1 cm³/mol. The zero-order chi connectivity index (χ0) is 10.7. The van der Waals surface area contributed by atoms with Gasteiger partial charge < -0.3 is 15.4 Å². The molecule has 84 valence electrons. The summed E-state index contributed by atoms with van der Waals surface area (Å²) in [6, 6.07) is -0.564. The minimum Gasteiger partial charge on any atom is -0.391 e. The first-order valence-electron chi connectivity index (χ1n) is 5.49. The molecule has 15 heavy (non-hydrogen) atoms. The highest BCUT2D eigenvalue weighted by molar-refractivity contribution is 5.91. The van der Waals surface area contributed by atoms with Crippen LogP contribution in [0.5, 0.6) is 0 Å². The van der Waals surface area contributed by atoms with Crippen LogP contribution >= 0.6 is 0 Å². The highest BCUT2D eigenvalue weighted by Crippen LogP contribution is 2.10. The molecule has 0 radical (unpaired) electrons. The number of rotatable bonds is 2. The summed E-state index contributed by atoms with van der Waals surface area (Å²) in [7, 11) is 0. The number of carbonyl (C=O) groups is 2. The molecule has 0 amide bonds. The van der Waals surface area contributed by atoms with Crippen molar-refractivity contribution in [3.8, 4) is 0 Å². The van der Waals surface area contributed by atoms with E-state index >= 15 is 0 Å². The molecule has 0 aromatic heterocycles. The predicted octanol–water partition coefficient (Wildman–Crippen LogP) is -0.440. The number of nitrogens with one attached hydrogen (secondary N) is 2. The Labute approximate surface area is 88.5 Å². The summed E-state index contributed by atoms with van der Waals surface area (Å²) >= 11 is 0. The second-order valence-electron chi connectivity index (χ2n) is 4.04. The quantitative estimate of drug-likeness (QED) is 0.480. The Balaban J connectivity index is 1.79. The van der Waals surface area contributed by atoms with Gasteiger partial charge in [0.15, 0.2) is 0 Å². The fourth-order valence-corrected chi connectivity index (χ4v) is 2.01. The molecule has 0 bridgehead atoms. The van der Waals surface area contributed by atoms with Gasteiger partial charge in [-0.05, 0) is 38.8 Å². The van der Waals surface area contributed by atoms with Gasteiger partial charge in [-0.15, -0.1) is 0 Å². The van der Waals surface area contributed by atoms with Gasteiger partial charge in [0.1, 0.15) is 12.1 Å². The summed E-state index contributed by atoms with van der Waals surface area (Å²) < 4.78 is 4.82. The van der Waals surface area contributed by atoms with E-state index in [2.05, 4.69) is 10.6 Å². The van der Waals surface area contributed by atoms with Crippen molar-refractivity contribution in [1.82, 2.24) is 10.6 Å². The number of ether oxygens (including phenoxy) is 1. The maximum absolute atomic E-state index is 11.5. The van der Waals surface area contributed by atoms with E-state index in [-0.39, 0.29) is 12.1 Å². The van der Waals surface area contributed by atoms with Crippen LogP contribution in [0.25, 0.3) is 0 Å².